The van der Waals surface area contributed by atoms with Gasteiger partial charge in [-0.05, 0) is 49.2 Å². The van der Waals surface area contributed by atoms with Crippen LogP contribution in [-0.4, -0.2) is 17.5 Å². The molecule has 1 aromatic carbocycles. The van der Waals surface area contributed by atoms with Crippen molar-refractivity contribution < 1.29 is 9.52 Å². The normalized spacial score (nSPS) is 10.6. The van der Waals surface area contributed by atoms with E-state index in [1.165, 1.54) is 10.5 Å². The highest BCUT2D eigenvalue weighted by atomic mass is 32.2. The first-order chi connectivity index (χ1) is 9.29. The van der Waals surface area contributed by atoms with Gasteiger partial charge in [-0.15, -0.1) is 11.8 Å². The predicted molar refractivity (Wildman–Crippen MR) is 79.6 cm³/mol. The molecule has 2 aromatic rings. The van der Waals surface area contributed by atoms with Gasteiger partial charge < -0.3 is 14.8 Å². The number of aryl methyl sites for hydroxylation is 1. The summed E-state index contributed by atoms with van der Waals surface area (Å²) in [6, 6.07) is 10.3. The summed E-state index contributed by atoms with van der Waals surface area (Å²) in [5.74, 6) is 1.93. The van der Waals surface area contributed by atoms with Crippen molar-refractivity contribution in [1.29, 1.82) is 0 Å². The fraction of sp³-hybridized carbons (Fsp3) is 0.333. The summed E-state index contributed by atoms with van der Waals surface area (Å²) >= 11 is 1.77. The molecule has 2 N–H and O–H groups in total. The molecule has 0 aliphatic heterocycles. The highest BCUT2D eigenvalue weighted by molar-refractivity contribution is 7.99. The van der Waals surface area contributed by atoms with Crippen molar-refractivity contribution in [3.05, 3.63) is 47.9 Å². The highest BCUT2D eigenvalue weighted by Crippen LogP contribution is 2.21. The summed E-state index contributed by atoms with van der Waals surface area (Å²) in [5, 5.41) is 12.1. The van der Waals surface area contributed by atoms with E-state index in [9.17, 15) is 0 Å². The minimum absolute atomic E-state index is 0.259. The van der Waals surface area contributed by atoms with E-state index >= 15 is 0 Å². The number of nitrogens with one attached hydrogen (secondary N) is 1. The first-order valence-electron chi connectivity index (χ1n) is 6.40. The van der Waals surface area contributed by atoms with Gasteiger partial charge in [-0.3, -0.25) is 0 Å². The van der Waals surface area contributed by atoms with Crippen molar-refractivity contribution in [3.8, 4) is 0 Å². The van der Waals surface area contributed by atoms with Gasteiger partial charge in [0.15, 0.2) is 0 Å². The van der Waals surface area contributed by atoms with Crippen LogP contribution in [0.15, 0.2) is 45.9 Å². The molecule has 0 aliphatic carbocycles. The molecule has 0 saturated heterocycles. The second-order valence-electron chi connectivity index (χ2n) is 4.33. The molecule has 0 fully saturated rings. The number of hydrogen-bond acceptors (Lipinski definition) is 4. The van der Waals surface area contributed by atoms with Crippen LogP contribution >= 0.6 is 11.8 Å². The number of benzene rings is 1. The monoisotopic (exact) mass is 277 g/mol. The minimum atomic E-state index is 0.259. The first kappa shape index (κ1) is 14.0. The molecule has 0 atom stereocenters. The van der Waals surface area contributed by atoms with Crippen molar-refractivity contribution in [2.24, 2.45) is 0 Å². The Hall–Kier alpha value is -1.39. The van der Waals surface area contributed by atoms with Gasteiger partial charge in [-0.25, -0.2) is 0 Å². The number of thioether (sulfide) groups is 1. The summed E-state index contributed by atoms with van der Waals surface area (Å²) in [6.07, 6.45) is 2.55. The van der Waals surface area contributed by atoms with E-state index < -0.39 is 0 Å². The highest BCUT2D eigenvalue weighted by Gasteiger charge is 2.01. The van der Waals surface area contributed by atoms with Crippen molar-refractivity contribution in [1.82, 2.24) is 0 Å². The molecule has 3 nitrogen and oxygen atoms in total. The third kappa shape index (κ3) is 4.33. The van der Waals surface area contributed by atoms with Crippen molar-refractivity contribution in [2.75, 3.05) is 17.7 Å². The van der Waals surface area contributed by atoms with Crippen LogP contribution < -0.4 is 5.32 Å². The second kappa shape index (κ2) is 7.26. The SMILES string of the molecule is Cc1ccoc1CNc1ccc(SCCCO)cc1. The number of furan rings is 1. The first-order valence-corrected chi connectivity index (χ1v) is 7.38. The molecule has 2 rings (SSSR count). The van der Waals surface area contributed by atoms with Crippen LogP contribution in [0.5, 0.6) is 0 Å². The van der Waals surface area contributed by atoms with E-state index in [-0.39, 0.29) is 6.61 Å². The Kier molecular flexibility index (Phi) is 5.36. The zero-order valence-corrected chi connectivity index (χ0v) is 11.9. The molecule has 1 aromatic heterocycles. The standard InChI is InChI=1S/C15H19NO2S/c1-12-7-9-18-15(12)11-16-13-3-5-14(6-4-13)19-10-2-8-17/h3-7,9,16-17H,2,8,10-11H2,1H3. The van der Waals surface area contributed by atoms with E-state index in [0.29, 0.717) is 6.54 Å². The molecular formula is C15H19NO2S. The number of anilines is 1. The largest absolute Gasteiger partial charge is 0.467 e. The van der Waals surface area contributed by atoms with Crippen molar-refractivity contribution in [2.45, 2.75) is 24.8 Å². The number of aliphatic hydroxyl groups excluding tert-OH is 1. The lowest BCUT2D eigenvalue weighted by atomic mass is 10.2. The van der Waals surface area contributed by atoms with E-state index in [1.54, 1.807) is 18.0 Å². The molecule has 102 valence electrons. The lowest BCUT2D eigenvalue weighted by Gasteiger charge is -2.06. The maximum atomic E-state index is 8.74. The zero-order valence-electron chi connectivity index (χ0n) is 11.1. The Morgan fingerprint density at radius 2 is 2.00 bits per heavy atom. The molecular weight excluding hydrogens is 258 g/mol. The van der Waals surface area contributed by atoms with Crippen LogP contribution in [0, 0.1) is 6.92 Å². The van der Waals surface area contributed by atoms with Crippen molar-refractivity contribution in [3.63, 3.8) is 0 Å². The Morgan fingerprint density at radius 3 is 2.63 bits per heavy atom. The van der Waals surface area contributed by atoms with Crippen LogP contribution in [0.25, 0.3) is 0 Å². The van der Waals surface area contributed by atoms with Crippen LogP contribution in [0.1, 0.15) is 17.7 Å². The van der Waals surface area contributed by atoms with Gasteiger partial charge >= 0.3 is 0 Å². The molecule has 0 spiro atoms. The average molecular weight is 277 g/mol. The predicted octanol–water partition coefficient (Wildman–Crippen LogP) is 3.67. The van der Waals surface area contributed by atoms with Gasteiger partial charge in [0.05, 0.1) is 12.8 Å². The summed E-state index contributed by atoms with van der Waals surface area (Å²) in [7, 11) is 0. The van der Waals surface area contributed by atoms with Crippen LogP contribution in [-0.2, 0) is 6.54 Å². The topological polar surface area (TPSA) is 45.4 Å². The molecule has 0 aliphatic rings. The Bertz CT molecular complexity index is 493. The molecule has 0 radical (unpaired) electrons. The summed E-state index contributed by atoms with van der Waals surface area (Å²) in [6.45, 7) is 3.01. The quantitative estimate of drug-likeness (QED) is 0.598. The van der Waals surface area contributed by atoms with Gasteiger partial charge in [-0.2, -0.15) is 0 Å². The van der Waals surface area contributed by atoms with E-state index in [4.69, 9.17) is 9.52 Å². The number of aliphatic hydroxyl groups is 1. The van der Waals surface area contributed by atoms with Crippen LogP contribution in [0.3, 0.4) is 0 Å². The molecule has 4 heteroatoms. The fourth-order valence-corrected chi connectivity index (χ4v) is 2.53. The fourth-order valence-electron chi connectivity index (χ4n) is 1.69. The van der Waals surface area contributed by atoms with Gasteiger partial charge in [-0.1, -0.05) is 0 Å². The Balaban J connectivity index is 1.83. The maximum Gasteiger partial charge on any atom is 0.125 e. The Morgan fingerprint density at radius 1 is 1.21 bits per heavy atom. The summed E-state index contributed by atoms with van der Waals surface area (Å²) in [4.78, 5) is 1.23. The number of rotatable bonds is 7. The molecule has 0 unspecified atom stereocenters. The Labute approximate surface area is 118 Å². The van der Waals surface area contributed by atoms with Gasteiger partial charge in [0.2, 0.25) is 0 Å². The van der Waals surface area contributed by atoms with Gasteiger partial charge in [0.25, 0.3) is 0 Å². The molecule has 0 saturated carbocycles. The zero-order chi connectivity index (χ0) is 13.5. The lowest BCUT2D eigenvalue weighted by molar-refractivity contribution is 0.296. The van der Waals surface area contributed by atoms with Crippen LogP contribution in [0.2, 0.25) is 0 Å². The molecule has 0 amide bonds. The van der Waals surface area contributed by atoms with Gasteiger partial charge in [0.1, 0.15) is 5.76 Å². The van der Waals surface area contributed by atoms with Crippen LogP contribution in [0.4, 0.5) is 5.69 Å². The smallest absolute Gasteiger partial charge is 0.125 e. The third-order valence-corrected chi connectivity index (χ3v) is 3.95. The molecule has 0 bridgehead atoms. The van der Waals surface area contributed by atoms with E-state index in [1.807, 2.05) is 13.0 Å². The number of hydrogen-bond donors (Lipinski definition) is 2. The van der Waals surface area contributed by atoms with E-state index in [2.05, 4.69) is 29.6 Å². The summed E-state index contributed by atoms with van der Waals surface area (Å²) < 4.78 is 5.38. The average Bonchev–Trinajstić information content (AvgIpc) is 2.84. The molecule has 1 heterocycles. The molecule has 19 heavy (non-hydrogen) atoms. The lowest BCUT2D eigenvalue weighted by Crippen LogP contribution is -1.99. The maximum absolute atomic E-state index is 8.74. The summed E-state index contributed by atoms with van der Waals surface area (Å²) in [5.41, 5.74) is 2.26. The van der Waals surface area contributed by atoms with E-state index in [0.717, 1.165) is 23.6 Å². The van der Waals surface area contributed by atoms with Crippen molar-refractivity contribution >= 4 is 17.4 Å². The second-order valence-corrected chi connectivity index (χ2v) is 5.50. The van der Waals surface area contributed by atoms with Gasteiger partial charge in [0, 0.05) is 22.9 Å². The minimum Gasteiger partial charge on any atom is -0.467 e. The third-order valence-electron chi connectivity index (χ3n) is 2.85.